The van der Waals surface area contributed by atoms with Gasteiger partial charge in [0.2, 0.25) is 0 Å². The summed E-state index contributed by atoms with van der Waals surface area (Å²) in [5.74, 6) is 2.90. The van der Waals surface area contributed by atoms with Crippen LogP contribution in [-0.2, 0) is 6.18 Å². The lowest BCUT2D eigenvalue weighted by Gasteiger charge is -2.40. The van der Waals surface area contributed by atoms with Gasteiger partial charge in [0, 0.05) is 18.8 Å². The van der Waals surface area contributed by atoms with E-state index in [0.717, 1.165) is 37.1 Å². The molecule has 0 saturated carbocycles. The summed E-state index contributed by atoms with van der Waals surface area (Å²) in [6.45, 7) is 1.66. The Bertz CT molecular complexity index is 920. The molecular weight excluding hydrogens is 405 g/mol. The number of anilines is 1. The molecule has 3 rings (SSSR count). The molecule has 0 spiro atoms. The molecule has 2 unspecified atom stereocenters. The molecule has 8 heteroatoms. The summed E-state index contributed by atoms with van der Waals surface area (Å²) >= 11 is 0. The third-order valence-electron chi connectivity index (χ3n) is 5.51. The zero-order valence-electron chi connectivity index (χ0n) is 17.2. The van der Waals surface area contributed by atoms with Gasteiger partial charge < -0.3 is 10.6 Å². The number of halogens is 3. The number of hydrogen-bond donors (Lipinski definition) is 2. The Morgan fingerprint density at radius 3 is 2.61 bits per heavy atom. The molecule has 1 aromatic carbocycles. The Balaban J connectivity index is 1.67. The molecule has 1 aliphatic rings. The summed E-state index contributed by atoms with van der Waals surface area (Å²) < 4.78 is 38.7. The highest BCUT2D eigenvalue weighted by atomic mass is 19.4. The molecule has 0 aliphatic carbocycles. The average Bonchev–Trinajstić information content (AvgIpc) is 2.76. The van der Waals surface area contributed by atoms with E-state index in [1.54, 1.807) is 24.3 Å². The van der Waals surface area contributed by atoms with Crippen LogP contribution in [0.15, 0.2) is 42.6 Å². The molecule has 164 valence electrons. The van der Waals surface area contributed by atoms with Gasteiger partial charge in [-0.2, -0.15) is 13.2 Å². The maximum absolute atomic E-state index is 12.9. The normalized spacial score (nSPS) is 19.5. The second-order valence-corrected chi connectivity index (χ2v) is 7.65. The molecule has 2 N–H and O–H groups in total. The number of carbonyl (C=O) groups is 1. The van der Waals surface area contributed by atoms with Crippen molar-refractivity contribution in [2.75, 3.05) is 32.0 Å². The third-order valence-corrected chi connectivity index (χ3v) is 5.51. The van der Waals surface area contributed by atoms with Crippen LogP contribution in [0.25, 0.3) is 0 Å². The fourth-order valence-electron chi connectivity index (χ4n) is 3.97. The molecule has 0 radical (unpaired) electrons. The number of pyridine rings is 1. The molecule has 5 nitrogen and oxygen atoms in total. The van der Waals surface area contributed by atoms with Crippen molar-refractivity contribution in [1.29, 1.82) is 0 Å². The molecule has 1 fully saturated rings. The van der Waals surface area contributed by atoms with Gasteiger partial charge in [-0.15, -0.1) is 6.42 Å². The molecular formula is C23H25F3N4O. The standard InChI is InChI=1S/C23H25F3N4O/c1-3-12-27-22(31)18-8-11-20(29-15-18)28-14-17-5-4-13-30(2)21(17)16-6-9-19(10-7-16)23(24,25)26/h1,6-11,15,17,21H,4-5,12-14H2,2H3,(H,27,31)(H,28,29). The summed E-state index contributed by atoms with van der Waals surface area (Å²) in [7, 11) is 2.00. The third kappa shape index (κ3) is 5.76. The average molecular weight is 430 g/mol. The zero-order chi connectivity index (χ0) is 22.4. The van der Waals surface area contributed by atoms with E-state index in [0.29, 0.717) is 17.9 Å². The Hall–Kier alpha value is -3.05. The van der Waals surface area contributed by atoms with E-state index in [2.05, 4.69) is 26.4 Å². The van der Waals surface area contributed by atoms with Crippen LogP contribution < -0.4 is 10.6 Å². The van der Waals surface area contributed by atoms with E-state index >= 15 is 0 Å². The van der Waals surface area contributed by atoms with Gasteiger partial charge in [0.15, 0.2) is 0 Å². The first-order valence-corrected chi connectivity index (χ1v) is 10.1. The maximum Gasteiger partial charge on any atom is 0.416 e. The number of amides is 1. The van der Waals surface area contributed by atoms with E-state index < -0.39 is 11.7 Å². The summed E-state index contributed by atoms with van der Waals surface area (Å²) in [5.41, 5.74) is 0.649. The Labute approximate surface area is 180 Å². The van der Waals surface area contributed by atoms with Crippen molar-refractivity contribution < 1.29 is 18.0 Å². The summed E-state index contributed by atoms with van der Waals surface area (Å²) in [6.07, 6.45) is 4.25. The summed E-state index contributed by atoms with van der Waals surface area (Å²) in [4.78, 5) is 18.4. The van der Waals surface area contributed by atoms with Crippen LogP contribution in [0.1, 0.15) is 40.4 Å². The van der Waals surface area contributed by atoms with Crippen molar-refractivity contribution in [3.63, 3.8) is 0 Å². The largest absolute Gasteiger partial charge is 0.416 e. The Morgan fingerprint density at radius 2 is 2.00 bits per heavy atom. The van der Waals surface area contributed by atoms with Gasteiger partial charge in [0.1, 0.15) is 5.82 Å². The number of nitrogens with one attached hydrogen (secondary N) is 2. The summed E-state index contributed by atoms with van der Waals surface area (Å²) in [5, 5.41) is 5.88. The van der Waals surface area contributed by atoms with Crippen molar-refractivity contribution >= 4 is 11.7 Å². The first kappa shape index (κ1) is 22.6. The van der Waals surface area contributed by atoms with Gasteiger partial charge in [0.25, 0.3) is 5.91 Å². The number of nitrogens with zero attached hydrogens (tertiary/aromatic N) is 2. The predicted octanol–water partition coefficient (Wildman–Crippen LogP) is 3.96. The molecule has 1 aromatic heterocycles. The molecule has 2 heterocycles. The molecule has 1 amide bonds. The monoisotopic (exact) mass is 430 g/mol. The first-order chi connectivity index (χ1) is 14.8. The topological polar surface area (TPSA) is 57.3 Å². The Morgan fingerprint density at radius 1 is 1.26 bits per heavy atom. The van der Waals surface area contributed by atoms with Crippen LogP contribution in [0.2, 0.25) is 0 Å². The van der Waals surface area contributed by atoms with Gasteiger partial charge >= 0.3 is 6.18 Å². The number of piperidine rings is 1. The minimum Gasteiger partial charge on any atom is -0.370 e. The fourth-order valence-corrected chi connectivity index (χ4v) is 3.97. The highest BCUT2D eigenvalue weighted by molar-refractivity contribution is 5.94. The smallest absolute Gasteiger partial charge is 0.370 e. The molecule has 0 bridgehead atoms. The quantitative estimate of drug-likeness (QED) is 0.682. The van der Waals surface area contributed by atoms with Gasteiger partial charge in [-0.1, -0.05) is 18.1 Å². The van der Waals surface area contributed by atoms with Crippen molar-refractivity contribution in [1.82, 2.24) is 15.2 Å². The van der Waals surface area contributed by atoms with E-state index in [1.807, 2.05) is 7.05 Å². The highest BCUT2D eigenvalue weighted by Gasteiger charge is 2.33. The molecule has 1 saturated heterocycles. The van der Waals surface area contributed by atoms with E-state index in [4.69, 9.17) is 6.42 Å². The van der Waals surface area contributed by atoms with Crippen molar-refractivity contribution in [2.45, 2.75) is 25.1 Å². The van der Waals surface area contributed by atoms with Crippen molar-refractivity contribution in [3.05, 3.63) is 59.3 Å². The Kier molecular flexibility index (Phi) is 7.18. The number of rotatable bonds is 6. The second-order valence-electron chi connectivity index (χ2n) is 7.65. The zero-order valence-corrected chi connectivity index (χ0v) is 17.2. The van der Waals surface area contributed by atoms with Crippen LogP contribution in [0.4, 0.5) is 19.0 Å². The number of benzene rings is 1. The van der Waals surface area contributed by atoms with Crippen molar-refractivity contribution in [2.24, 2.45) is 5.92 Å². The minimum absolute atomic E-state index is 0.0114. The van der Waals surface area contributed by atoms with Crippen LogP contribution in [0.3, 0.4) is 0 Å². The molecule has 1 aliphatic heterocycles. The molecule has 2 aromatic rings. The second kappa shape index (κ2) is 9.84. The van der Waals surface area contributed by atoms with Crippen LogP contribution in [-0.4, -0.2) is 42.5 Å². The van der Waals surface area contributed by atoms with Gasteiger partial charge in [0.05, 0.1) is 17.7 Å². The highest BCUT2D eigenvalue weighted by Crippen LogP contribution is 2.37. The lowest BCUT2D eigenvalue weighted by Crippen LogP contribution is -2.39. The van der Waals surface area contributed by atoms with Gasteiger partial charge in [-0.25, -0.2) is 4.98 Å². The fraction of sp³-hybridized carbons (Fsp3) is 0.391. The van der Waals surface area contributed by atoms with E-state index in [9.17, 15) is 18.0 Å². The van der Waals surface area contributed by atoms with Crippen LogP contribution >= 0.6 is 0 Å². The van der Waals surface area contributed by atoms with Gasteiger partial charge in [-0.3, -0.25) is 9.69 Å². The number of alkyl halides is 3. The maximum atomic E-state index is 12.9. The number of terminal acetylenes is 1. The number of aromatic nitrogens is 1. The van der Waals surface area contributed by atoms with E-state index in [-0.39, 0.29) is 24.4 Å². The van der Waals surface area contributed by atoms with Crippen LogP contribution in [0.5, 0.6) is 0 Å². The lowest BCUT2D eigenvalue weighted by atomic mass is 9.84. The van der Waals surface area contributed by atoms with E-state index in [1.165, 1.54) is 6.20 Å². The molecule has 2 atom stereocenters. The van der Waals surface area contributed by atoms with Crippen LogP contribution in [0, 0.1) is 18.3 Å². The number of carbonyl (C=O) groups excluding carboxylic acids is 1. The number of hydrogen-bond acceptors (Lipinski definition) is 4. The van der Waals surface area contributed by atoms with Crippen molar-refractivity contribution in [3.8, 4) is 12.3 Å². The minimum atomic E-state index is -4.34. The summed E-state index contributed by atoms with van der Waals surface area (Å²) in [6, 6.07) is 8.85. The van der Waals surface area contributed by atoms with Gasteiger partial charge in [-0.05, 0) is 62.2 Å². The first-order valence-electron chi connectivity index (χ1n) is 10.1. The SMILES string of the molecule is C#CCNC(=O)c1ccc(NCC2CCCN(C)C2c2ccc(C(F)(F)F)cc2)nc1. The number of likely N-dealkylation sites (tertiary alicyclic amines) is 1. The lowest BCUT2D eigenvalue weighted by molar-refractivity contribution is -0.137. The predicted molar refractivity (Wildman–Crippen MR) is 113 cm³/mol. The molecule has 31 heavy (non-hydrogen) atoms.